The van der Waals surface area contributed by atoms with Crippen molar-refractivity contribution in [3.8, 4) is 0 Å². The van der Waals surface area contributed by atoms with Gasteiger partial charge in [0.15, 0.2) is 0 Å². The monoisotopic (exact) mass is 212 g/mol. The molecule has 1 saturated carbocycles. The van der Waals surface area contributed by atoms with Crippen LogP contribution in [0.3, 0.4) is 0 Å². The van der Waals surface area contributed by atoms with Crippen LogP contribution in [0.25, 0.3) is 0 Å². The molecule has 0 aromatic heterocycles. The molecule has 2 aliphatic heterocycles. The first kappa shape index (κ1) is 9.60. The number of carboxylic acids is 1. The largest absolute Gasteiger partial charge is 0.481 e. The molecule has 0 aromatic rings. The van der Waals surface area contributed by atoms with Crippen molar-refractivity contribution >= 4 is 5.97 Å². The van der Waals surface area contributed by atoms with E-state index in [1.807, 2.05) is 0 Å². The van der Waals surface area contributed by atoms with Crippen LogP contribution in [0.4, 0.5) is 0 Å². The van der Waals surface area contributed by atoms with Gasteiger partial charge in [0.05, 0.1) is 5.41 Å². The SMILES string of the molecule is CCCCC1(C(=O)O)CCC2OC23OC13. The van der Waals surface area contributed by atoms with Crippen LogP contribution in [-0.4, -0.2) is 29.1 Å². The van der Waals surface area contributed by atoms with E-state index in [4.69, 9.17) is 9.47 Å². The summed E-state index contributed by atoms with van der Waals surface area (Å²) in [5, 5.41) is 9.41. The molecule has 15 heavy (non-hydrogen) atoms. The number of unbranched alkanes of at least 4 members (excludes halogenated alkanes) is 1. The number of epoxide rings is 2. The number of ether oxygens (including phenoxy) is 2. The molecule has 2 heterocycles. The van der Waals surface area contributed by atoms with Gasteiger partial charge in [-0.15, -0.1) is 0 Å². The molecule has 1 spiro atoms. The lowest BCUT2D eigenvalue weighted by molar-refractivity contribution is -0.151. The fourth-order valence-electron chi connectivity index (χ4n) is 3.02. The van der Waals surface area contributed by atoms with Crippen LogP contribution in [0.5, 0.6) is 0 Å². The lowest BCUT2D eigenvalue weighted by Gasteiger charge is -2.28. The van der Waals surface area contributed by atoms with Gasteiger partial charge in [-0.3, -0.25) is 4.79 Å². The van der Waals surface area contributed by atoms with Gasteiger partial charge < -0.3 is 14.6 Å². The molecule has 3 aliphatic rings. The minimum atomic E-state index is -0.702. The van der Waals surface area contributed by atoms with Gasteiger partial charge in [0, 0.05) is 0 Å². The molecule has 3 rings (SSSR count). The van der Waals surface area contributed by atoms with Crippen LogP contribution in [0.2, 0.25) is 0 Å². The van der Waals surface area contributed by atoms with Crippen molar-refractivity contribution in [3.63, 3.8) is 0 Å². The number of rotatable bonds is 4. The molecule has 1 aliphatic carbocycles. The maximum absolute atomic E-state index is 11.4. The predicted molar refractivity (Wildman–Crippen MR) is 51.3 cm³/mol. The first-order valence-electron chi connectivity index (χ1n) is 5.75. The molecule has 4 heteroatoms. The lowest BCUT2D eigenvalue weighted by Crippen LogP contribution is -2.41. The molecule has 2 saturated heterocycles. The zero-order chi connectivity index (χ0) is 10.7. The van der Waals surface area contributed by atoms with E-state index in [9.17, 15) is 9.90 Å². The van der Waals surface area contributed by atoms with Crippen LogP contribution >= 0.6 is 0 Å². The minimum Gasteiger partial charge on any atom is -0.481 e. The van der Waals surface area contributed by atoms with Gasteiger partial charge in [-0.05, 0) is 19.3 Å². The molecule has 0 radical (unpaired) electrons. The molecule has 0 bridgehead atoms. The first-order valence-corrected chi connectivity index (χ1v) is 5.75. The van der Waals surface area contributed by atoms with Crippen molar-refractivity contribution in [2.24, 2.45) is 5.41 Å². The summed E-state index contributed by atoms with van der Waals surface area (Å²) in [6.07, 6.45) is 4.27. The number of hydrogen-bond donors (Lipinski definition) is 1. The second-order valence-electron chi connectivity index (χ2n) is 4.93. The second kappa shape index (κ2) is 2.74. The fraction of sp³-hybridized carbons (Fsp3) is 0.909. The van der Waals surface area contributed by atoms with E-state index in [-0.39, 0.29) is 12.2 Å². The van der Waals surface area contributed by atoms with Crippen LogP contribution < -0.4 is 0 Å². The number of carboxylic acid groups (broad SMARTS) is 1. The van der Waals surface area contributed by atoms with E-state index in [1.165, 1.54) is 0 Å². The summed E-state index contributed by atoms with van der Waals surface area (Å²) in [6, 6.07) is 0. The summed E-state index contributed by atoms with van der Waals surface area (Å²) in [5.41, 5.74) is -0.664. The van der Waals surface area contributed by atoms with E-state index in [0.717, 1.165) is 25.7 Å². The highest BCUT2D eigenvalue weighted by atomic mass is 16.9. The second-order valence-corrected chi connectivity index (χ2v) is 4.93. The zero-order valence-corrected chi connectivity index (χ0v) is 8.86. The lowest BCUT2D eigenvalue weighted by atomic mass is 9.71. The third kappa shape index (κ3) is 1.06. The normalized spacial score (nSPS) is 50.5. The Labute approximate surface area is 88.6 Å². The summed E-state index contributed by atoms with van der Waals surface area (Å²) in [6.45, 7) is 2.08. The molecular formula is C11H16O4. The summed E-state index contributed by atoms with van der Waals surface area (Å²) >= 11 is 0. The van der Waals surface area contributed by atoms with Gasteiger partial charge in [-0.2, -0.15) is 0 Å². The first-order chi connectivity index (χ1) is 7.16. The summed E-state index contributed by atoms with van der Waals surface area (Å²) in [5.74, 6) is -1.16. The highest BCUT2D eigenvalue weighted by Crippen LogP contribution is 2.68. The molecule has 0 aromatic carbocycles. The molecule has 4 nitrogen and oxygen atoms in total. The Morgan fingerprint density at radius 2 is 2.33 bits per heavy atom. The van der Waals surface area contributed by atoms with Crippen LogP contribution in [0.1, 0.15) is 39.0 Å². The van der Waals surface area contributed by atoms with Crippen molar-refractivity contribution in [3.05, 3.63) is 0 Å². The third-order valence-electron chi connectivity index (χ3n) is 4.09. The van der Waals surface area contributed by atoms with Gasteiger partial charge in [-0.25, -0.2) is 0 Å². The summed E-state index contributed by atoms with van der Waals surface area (Å²) in [7, 11) is 0. The van der Waals surface area contributed by atoms with Gasteiger partial charge >= 0.3 is 5.97 Å². The van der Waals surface area contributed by atoms with Crippen LogP contribution in [0, 0.1) is 5.41 Å². The summed E-state index contributed by atoms with van der Waals surface area (Å²) < 4.78 is 10.9. The number of aliphatic carboxylic acids is 1. The van der Waals surface area contributed by atoms with E-state index in [0.29, 0.717) is 6.42 Å². The van der Waals surface area contributed by atoms with Gasteiger partial charge in [0.1, 0.15) is 12.2 Å². The highest BCUT2D eigenvalue weighted by molar-refractivity contribution is 5.77. The average molecular weight is 212 g/mol. The van der Waals surface area contributed by atoms with Crippen molar-refractivity contribution < 1.29 is 19.4 Å². The topological polar surface area (TPSA) is 62.4 Å². The van der Waals surface area contributed by atoms with Crippen molar-refractivity contribution in [2.75, 3.05) is 0 Å². The highest BCUT2D eigenvalue weighted by Gasteiger charge is 2.84. The van der Waals surface area contributed by atoms with Gasteiger partial charge in [0.25, 0.3) is 0 Å². The molecular weight excluding hydrogens is 196 g/mol. The minimum absolute atomic E-state index is 0.173. The van der Waals surface area contributed by atoms with E-state index < -0.39 is 17.2 Å². The smallest absolute Gasteiger partial charge is 0.312 e. The standard InChI is InChI=1S/C11H16O4/c1-2-3-5-10(9(12)13)6-4-7-11(14-7)8(10)15-11/h7-8H,2-6H2,1H3,(H,12,13). The molecule has 4 atom stereocenters. The Hall–Kier alpha value is -0.610. The maximum Gasteiger partial charge on any atom is 0.312 e. The average Bonchev–Trinajstić information content (AvgIpc) is 3.05. The van der Waals surface area contributed by atoms with Gasteiger partial charge in [0.2, 0.25) is 5.79 Å². The van der Waals surface area contributed by atoms with Crippen LogP contribution in [0.15, 0.2) is 0 Å². The van der Waals surface area contributed by atoms with E-state index >= 15 is 0 Å². The predicted octanol–water partition coefficient (Wildman–Crippen LogP) is 1.54. The Morgan fingerprint density at radius 3 is 3.00 bits per heavy atom. The van der Waals surface area contributed by atoms with Crippen LogP contribution in [-0.2, 0) is 14.3 Å². The maximum atomic E-state index is 11.4. The number of carbonyl (C=O) groups is 1. The molecule has 3 fully saturated rings. The van der Waals surface area contributed by atoms with E-state index in [1.54, 1.807) is 0 Å². The Balaban J connectivity index is 1.81. The molecule has 4 unspecified atom stereocenters. The number of hydrogen-bond acceptors (Lipinski definition) is 3. The zero-order valence-electron chi connectivity index (χ0n) is 8.86. The Kier molecular flexibility index (Phi) is 1.75. The summed E-state index contributed by atoms with van der Waals surface area (Å²) in [4.78, 5) is 11.4. The molecule has 0 amide bonds. The molecule has 1 N–H and O–H groups in total. The Bertz CT molecular complexity index is 316. The Morgan fingerprint density at radius 1 is 1.53 bits per heavy atom. The van der Waals surface area contributed by atoms with Crippen molar-refractivity contribution in [1.29, 1.82) is 0 Å². The van der Waals surface area contributed by atoms with E-state index in [2.05, 4.69) is 6.92 Å². The molecule has 84 valence electrons. The third-order valence-corrected chi connectivity index (χ3v) is 4.09. The van der Waals surface area contributed by atoms with Gasteiger partial charge in [-0.1, -0.05) is 19.8 Å². The van der Waals surface area contributed by atoms with Crippen molar-refractivity contribution in [2.45, 2.75) is 57.0 Å². The fourth-order valence-corrected chi connectivity index (χ4v) is 3.02. The quantitative estimate of drug-likeness (QED) is 0.718. The van der Waals surface area contributed by atoms with Crippen molar-refractivity contribution in [1.82, 2.24) is 0 Å².